The second-order valence-corrected chi connectivity index (χ2v) is 6.93. The van der Waals surface area contributed by atoms with E-state index in [4.69, 9.17) is 27.5 Å². The number of aliphatic imine (C=N–C) groups is 2. The molecule has 1 fully saturated rings. The van der Waals surface area contributed by atoms with Gasteiger partial charge in [0.05, 0.1) is 5.02 Å². The highest BCUT2D eigenvalue weighted by Gasteiger charge is 2.42. The van der Waals surface area contributed by atoms with E-state index in [2.05, 4.69) is 9.98 Å². The third-order valence-electron chi connectivity index (χ3n) is 4.79. The summed E-state index contributed by atoms with van der Waals surface area (Å²) in [6, 6.07) is 5.85. The number of nitrogens with zero attached hydrogens (tertiary/aromatic N) is 3. The van der Waals surface area contributed by atoms with E-state index in [0.29, 0.717) is 16.6 Å². The summed E-state index contributed by atoms with van der Waals surface area (Å²) in [5, 5.41) is 1.49. The Morgan fingerprint density at radius 2 is 1.92 bits per heavy atom. The lowest BCUT2D eigenvalue weighted by atomic mass is 9.87. The number of hydrogen-bond acceptors (Lipinski definition) is 6. The van der Waals surface area contributed by atoms with Gasteiger partial charge < -0.3 is 15.9 Å². The van der Waals surface area contributed by atoms with Gasteiger partial charge >= 0.3 is 0 Å². The van der Waals surface area contributed by atoms with Crippen molar-refractivity contribution < 1.29 is 4.42 Å². The number of fused-ring (bicyclic) bond motifs is 1. The van der Waals surface area contributed by atoms with E-state index >= 15 is 0 Å². The molecule has 7 heteroatoms. The zero-order valence-corrected chi connectivity index (χ0v) is 14.3. The fourth-order valence-electron chi connectivity index (χ4n) is 3.85. The summed E-state index contributed by atoms with van der Waals surface area (Å²) < 4.78 is 5.66. The highest BCUT2D eigenvalue weighted by Crippen LogP contribution is 2.41. The predicted octanol–water partition coefficient (Wildman–Crippen LogP) is 3.50. The first-order valence-corrected chi connectivity index (χ1v) is 8.56. The highest BCUT2D eigenvalue weighted by atomic mass is 35.5. The van der Waals surface area contributed by atoms with Crippen molar-refractivity contribution >= 4 is 40.2 Å². The van der Waals surface area contributed by atoms with E-state index in [1.807, 2.05) is 30.0 Å². The number of anilines is 1. The van der Waals surface area contributed by atoms with E-state index in [1.54, 1.807) is 0 Å². The molecule has 1 saturated carbocycles. The Kier molecular flexibility index (Phi) is 3.46. The van der Waals surface area contributed by atoms with Crippen LogP contribution < -0.4 is 16.4 Å². The minimum Gasteiger partial charge on any atom is -0.460 e. The molecular weight excluding hydrogens is 326 g/mol. The molecule has 126 valence electrons. The Hall–Kier alpha value is -2.21. The second kappa shape index (κ2) is 5.41. The third kappa shape index (κ3) is 2.33. The Labute approximate surface area is 145 Å². The molecular formula is C17H20ClN5O. The molecule has 2 aliphatic rings. The fraction of sp³-hybridized carbons (Fsp3) is 0.412. The van der Waals surface area contributed by atoms with Crippen LogP contribution in [0.1, 0.15) is 37.9 Å². The molecule has 0 amide bonds. The molecule has 0 unspecified atom stereocenters. The van der Waals surface area contributed by atoms with Crippen LogP contribution in [0.4, 0.5) is 5.69 Å². The minimum atomic E-state index is -0.468. The van der Waals surface area contributed by atoms with Gasteiger partial charge in [-0.2, -0.15) is 4.99 Å². The molecule has 1 aromatic carbocycles. The molecule has 0 bridgehead atoms. The van der Waals surface area contributed by atoms with E-state index in [1.165, 1.54) is 6.42 Å². The van der Waals surface area contributed by atoms with Crippen molar-refractivity contribution in [2.45, 2.75) is 44.7 Å². The predicted molar refractivity (Wildman–Crippen MR) is 97.5 cm³/mol. The van der Waals surface area contributed by atoms with Crippen LogP contribution >= 0.6 is 11.6 Å². The quantitative estimate of drug-likeness (QED) is 0.827. The topological polar surface area (TPSA) is 93.1 Å². The first kappa shape index (κ1) is 15.3. The number of hydrogen-bond donors (Lipinski definition) is 2. The molecule has 0 atom stereocenters. The van der Waals surface area contributed by atoms with Crippen LogP contribution in [0.5, 0.6) is 0 Å². The first-order chi connectivity index (χ1) is 11.5. The smallest absolute Gasteiger partial charge is 0.220 e. The molecule has 2 heterocycles. The van der Waals surface area contributed by atoms with Gasteiger partial charge in [0.25, 0.3) is 0 Å². The lowest BCUT2D eigenvalue weighted by Gasteiger charge is -2.45. The van der Waals surface area contributed by atoms with Gasteiger partial charge in [0.2, 0.25) is 11.9 Å². The number of furan rings is 1. The second-order valence-electron chi connectivity index (χ2n) is 6.52. The standard InChI is InChI=1S/C17H20ClN5O/c1-10-7-11-8-12(9-13(18)14(11)24-10)23-16(20)21-15(19)22-17(23)5-3-2-4-6-17/h7-9H,2-6H2,1H3,(H4,19,20,21,22). The highest BCUT2D eigenvalue weighted by molar-refractivity contribution is 6.35. The third-order valence-corrected chi connectivity index (χ3v) is 5.07. The van der Waals surface area contributed by atoms with Crippen molar-refractivity contribution in [1.29, 1.82) is 0 Å². The number of benzene rings is 1. The maximum atomic E-state index is 6.44. The first-order valence-electron chi connectivity index (χ1n) is 8.18. The molecule has 1 aliphatic heterocycles. The molecule has 1 spiro atoms. The Morgan fingerprint density at radius 3 is 2.67 bits per heavy atom. The molecule has 2 aromatic rings. The zero-order valence-electron chi connectivity index (χ0n) is 13.6. The normalized spacial score (nSPS) is 20.3. The van der Waals surface area contributed by atoms with Crippen LogP contribution in [0.25, 0.3) is 11.0 Å². The largest absolute Gasteiger partial charge is 0.460 e. The number of guanidine groups is 2. The Balaban J connectivity index is 1.88. The fourth-order valence-corrected chi connectivity index (χ4v) is 4.11. The SMILES string of the molecule is Cc1cc2cc(N3C(N)=NC(N)=NC34CCCCC4)cc(Cl)c2o1. The molecule has 24 heavy (non-hydrogen) atoms. The van der Waals surface area contributed by atoms with Gasteiger partial charge in [-0.25, -0.2) is 4.99 Å². The van der Waals surface area contributed by atoms with Crippen LogP contribution in [0.2, 0.25) is 5.02 Å². The Bertz CT molecular complexity index is 863. The molecule has 4 rings (SSSR count). The van der Waals surface area contributed by atoms with Crippen LogP contribution in [-0.4, -0.2) is 17.6 Å². The summed E-state index contributed by atoms with van der Waals surface area (Å²) in [6.07, 6.45) is 5.15. The number of rotatable bonds is 1. The van der Waals surface area contributed by atoms with Crippen molar-refractivity contribution in [2.24, 2.45) is 21.5 Å². The molecule has 6 nitrogen and oxygen atoms in total. The van der Waals surface area contributed by atoms with Gasteiger partial charge in [-0.15, -0.1) is 0 Å². The molecule has 1 aliphatic carbocycles. The van der Waals surface area contributed by atoms with E-state index in [9.17, 15) is 0 Å². The molecule has 1 aromatic heterocycles. The van der Waals surface area contributed by atoms with Crippen molar-refractivity contribution in [1.82, 2.24) is 0 Å². The summed E-state index contributed by atoms with van der Waals surface area (Å²) in [7, 11) is 0. The maximum Gasteiger partial charge on any atom is 0.220 e. The summed E-state index contributed by atoms with van der Waals surface area (Å²) in [5.41, 5.74) is 13.3. The number of nitrogens with two attached hydrogens (primary N) is 2. The van der Waals surface area contributed by atoms with E-state index in [0.717, 1.165) is 42.5 Å². The summed E-state index contributed by atoms with van der Waals surface area (Å²) in [6.45, 7) is 1.90. The van der Waals surface area contributed by atoms with Gasteiger partial charge in [-0.1, -0.05) is 18.0 Å². The van der Waals surface area contributed by atoms with Gasteiger partial charge in [-0.3, -0.25) is 4.90 Å². The van der Waals surface area contributed by atoms with Crippen molar-refractivity contribution in [3.05, 3.63) is 29.0 Å². The van der Waals surface area contributed by atoms with Gasteiger partial charge in [0.1, 0.15) is 11.4 Å². The van der Waals surface area contributed by atoms with E-state index in [-0.39, 0.29) is 5.96 Å². The molecule has 0 saturated heterocycles. The van der Waals surface area contributed by atoms with Crippen molar-refractivity contribution in [2.75, 3.05) is 4.90 Å². The Morgan fingerprint density at radius 1 is 1.17 bits per heavy atom. The van der Waals surface area contributed by atoms with Crippen molar-refractivity contribution in [3.63, 3.8) is 0 Å². The summed E-state index contributed by atoms with van der Waals surface area (Å²) >= 11 is 6.44. The van der Waals surface area contributed by atoms with E-state index < -0.39 is 5.66 Å². The lowest BCUT2D eigenvalue weighted by molar-refractivity contribution is 0.305. The van der Waals surface area contributed by atoms with Gasteiger partial charge in [0.15, 0.2) is 5.58 Å². The molecule has 0 radical (unpaired) electrons. The maximum absolute atomic E-state index is 6.44. The summed E-state index contributed by atoms with van der Waals surface area (Å²) in [4.78, 5) is 10.9. The van der Waals surface area contributed by atoms with Crippen LogP contribution in [0.15, 0.2) is 32.6 Å². The molecule has 4 N–H and O–H groups in total. The van der Waals surface area contributed by atoms with Crippen LogP contribution in [0, 0.1) is 6.92 Å². The average molecular weight is 346 g/mol. The number of halogens is 1. The van der Waals surface area contributed by atoms with Gasteiger partial charge in [-0.05, 0) is 50.8 Å². The zero-order chi connectivity index (χ0) is 16.9. The van der Waals surface area contributed by atoms with Gasteiger partial charge in [0, 0.05) is 11.1 Å². The monoisotopic (exact) mass is 345 g/mol. The lowest BCUT2D eigenvalue weighted by Crippen LogP contribution is -2.58. The van der Waals surface area contributed by atoms with Crippen molar-refractivity contribution in [3.8, 4) is 0 Å². The minimum absolute atomic E-state index is 0.247. The van der Waals surface area contributed by atoms with Crippen LogP contribution in [-0.2, 0) is 0 Å². The number of aryl methyl sites for hydroxylation is 1. The average Bonchev–Trinajstić information content (AvgIpc) is 2.88. The van der Waals surface area contributed by atoms with Crippen LogP contribution in [0.3, 0.4) is 0 Å². The summed E-state index contributed by atoms with van der Waals surface area (Å²) in [5.74, 6) is 1.43.